The highest BCUT2D eigenvalue weighted by Crippen LogP contribution is 2.38. The monoisotopic (exact) mass is 300 g/mol. The number of aromatic carboxylic acids is 1. The second-order valence-electron chi connectivity index (χ2n) is 4.37. The molecule has 1 N–H and O–H groups in total. The van der Waals surface area contributed by atoms with Crippen molar-refractivity contribution in [3.8, 4) is 17.2 Å². The molecule has 0 spiro atoms. The van der Waals surface area contributed by atoms with Crippen LogP contribution in [0.25, 0.3) is 10.1 Å². The van der Waals surface area contributed by atoms with Crippen molar-refractivity contribution in [2.24, 2.45) is 0 Å². The quantitative estimate of drug-likeness (QED) is 0.776. The van der Waals surface area contributed by atoms with E-state index in [1.54, 1.807) is 12.1 Å². The minimum atomic E-state index is -1.01. The minimum Gasteiger partial charge on any atom is -0.496 e. The van der Waals surface area contributed by atoms with Crippen LogP contribution in [0.3, 0.4) is 0 Å². The van der Waals surface area contributed by atoms with E-state index in [4.69, 9.17) is 9.47 Å². The van der Waals surface area contributed by atoms with E-state index >= 15 is 0 Å². The van der Waals surface area contributed by atoms with Crippen LogP contribution >= 0.6 is 11.3 Å². The lowest BCUT2D eigenvalue weighted by molar-refractivity contribution is 0.0693. The Morgan fingerprint density at radius 2 is 1.90 bits per heavy atom. The Bertz CT molecular complexity index is 793. The number of fused-ring (bicyclic) bond motifs is 1. The Morgan fingerprint density at radius 3 is 2.57 bits per heavy atom. The third kappa shape index (κ3) is 2.55. The van der Waals surface area contributed by atoms with Crippen LogP contribution in [0.5, 0.6) is 17.2 Å². The molecule has 0 saturated carbocycles. The lowest BCUT2D eigenvalue weighted by atomic mass is 10.1. The molecule has 0 radical (unpaired) electrons. The molecule has 3 rings (SSSR count). The molecule has 1 heterocycles. The van der Waals surface area contributed by atoms with Gasteiger partial charge in [-0.3, -0.25) is 0 Å². The van der Waals surface area contributed by atoms with Crippen molar-refractivity contribution in [3.63, 3.8) is 0 Å². The van der Waals surface area contributed by atoms with E-state index in [0.717, 1.165) is 15.8 Å². The molecule has 4 nitrogen and oxygen atoms in total. The number of ether oxygens (including phenoxy) is 2. The summed E-state index contributed by atoms with van der Waals surface area (Å²) in [7, 11) is 1.46. The van der Waals surface area contributed by atoms with Crippen molar-refractivity contribution in [2.75, 3.05) is 7.11 Å². The molecule has 0 fully saturated rings. The van der Waals surface area contributed by atoms with Gasteiger partial charge in [0.25, 0.3) is 0 Å². The van der Waals surface area contributed by atoms with Crippen LogP contribution in [0.1, 0.15) is 10.4 Å². The van der Waals surface area contributed by atoms with E-state index < -0.39 is 5.97 Å². The Morgan fingerprint density at radius 1 is 1.14 bits per heavy atom. The molecule has 2 aromatic carbocycles. The van der Waals surface area contributed by atoms with Crippen LogP contribution in [0, 0.1) is 0 Å². The van der Waals surface area contributed by atoms with Gasteiger partial charge in [-0.15, -0.1) is 11.3 Å². The summed E-state index contributed by atoms with van der Waals surface area (Å²) in [5, 5.41) is 11.9. The number of methoxy groups -OCH3 is 1. The first-order valence-electron chi connectivity index (χ1n) is 6.24. The van der Waals surface area contributed by atoms with Gasteiger partial charge >= 0.3 is 5.97 Å². The number of benzene rings is 2. The second-order valence-corrected chi connectivity index (χ2v) is 5.28. The molecule has 0 unspecified atom stereocenters. The summed E-state index contributed by atoms with van der Waals surface area (Å²) >= 11 is 1.44. The Labute approximate surface area is 125 Å². The van der Waals surface area contributed by atoms with Crippen LogP contribution < -0.4 is 9.47 Å². The van der Waals surface area contributed by atoms with Crippen LogP contribution in [0.2, 0.25) is 0 Å². The molecule has 0 aliphatic heterocycles. The molecule has 0 saturated heterocycles. The van der Waals surface area contributed by atoms with Crippen molar-refractivity contribution in [2.45, 2.75) is 0 Å². The molecule has 0 bridgehead atoms. The lowest BCUT2D eigenvalue weighted by Crippen LogP contribution is -1.99. The summed E-state index contributed by atoms with van der Waals surface area (Å²) in [5.41, 5.74) is 0.151. The van der Waals surface area contributed by atoms with Crippen molar-refractivity contribution in [1.82, 2.24) is 0 Å². The van der Waals surface area contributed by atoms with Gasteiger partial charge in [-0.2, -0.15) is 0 Å². The van der Waals surface area contributed by atoms with Gasteiger partial charge in [-0.1, -0.05) is 18.2 Å². The number of carboxylic acids is 1. The highest BCUT2D eigenvalue weighted by atomic mass is 32.1. The molecule has 106 valence electrons. The molecular formula is C16H12O4S. The van der Waals surface area contributed by atoms with Gasteiger partial charge in [0.1, 0.15) is 22.8 Å². The molecule has 5 heteroatoms. The minimum absolute atomic E-state index is 0.151. The summed E-state index contributed by atoms with van der Waals surface area (Å²) < 4.78 is 11.8. The van der Waals surface area contributed by atoms with Gasteiger partial charge in [-0.25, -0.2) is 4.79 Å². The first kappa shape index (κ1) is 13.5. The van der Waals surface area contributed by atoms with Gasteiger partial charge in [0.2, 0.25) is 0 Å². The fourth-order valence-electron chi connectivity index (χ4n) is 2.06. The average molecular weight is 300 g/mol. The molecule has 0 atom stereocenters. The third-order valence-electron chi connectivity index (χ3n) is 3.06. The largest absolute Gasteiger partial charge is 0.496 e. The van der Waals surface area contributed by atoms with Gasteiger partial charge in [0, 0.05) is 15.5 Å². The zero-order valence-corrected chi connectivity index (χ0v) is 12.0. The van der Waals surface area contributed by atoms with Crippen LogP contribution in [-0.2, 0) is 0 Å². The number of carbonyl (C=O) groups is 1. The van der Waals surface area contributed by atoms with Crippen LogP contribution in [0.15, 0.2) is 47.8 Å². The Kier molecular flexibility index (Phi) is 3.50. The smallest absolute Gasteiger partial charge is 0.339 e. The normalized spacial score (nSPS) is 10.5. The van der Waals surface area contributed by atoms with Gasteiger partial charge in [-0.05, 0) is 24.3 Å². The third-order valence-corrected chi connectivity index (χ3v) is 3.99. The Balaban J connectivity index is 2.07. The number of hydrogen-bond donors (Lipinski definition) is 1. The highest BCUT2D eigenvalue weighted by molar-refractivity contribution is 7.17. The molecule has 0 aliphatic carbocycles. The standard InChI is InChI=1S/C16H12O4S/c1-19-13-7-11-14(20-10-5-3-2-4-6-10)9-21-15(11)8-12(13)16(17)18/h2-9H,1H3,(H,17,18). The zero-order valence-electron chi connectivity index (χ0n) is 11.2. The first-order valence-corrected chi connectivity index (χ1v) is 7.12. The van der Waals surface area contributed by atoms with E-state index in [1.807, 2.05) is 35.7 Å². The van der Waals surface area contributed by atoms with Crippen LogP contribution in [0.4, 0.5) is 0 Å². The lowest BCUT2D eigenvalue weighted by Gasteiger charge is -2.07. The predicted octanol–water partition coefficient (Wildman–Crippen LogP) is 4.40. The van der Waals surface area contributed by atoms with E-state index in [2.05, 4.69) is 0 Å². The fraction of sp³-hybridized carbons (Fsp3) is 0.0625. The summed E-state index contributed by atoms with van der Waals surface area (Å²) in [6.07, 6.45) is 0. The fourth-order valence-corrected chi connectivity index (χ4v) is 2.94. The van der Waals surface area contributed by atoms with E-state index in [0.29, 0.717) is 11.5 Å². The average Bonchev–Trinajstić information content (AvgIpc) is 2.89. The molecule has 3 aromatic rings. The van der Waals surface area contributed by atoms with Crippen molar-refractivity contribution in [1.29, 1.82) is 0 Å². The second kappa shape index (κ2) is 5.46. The number of carboxylic acid groups (broad SMARTS) is 1. The van der Waals surface area contributed by atoms with E-state index in [9.17, 15) is 9.90 Å². The summed E-state index contributed by atoms with van der Waals surface area (Å²) in [6.45, 7) is 0. The maximum absolute atomic E-state index is 11.2. The number of rotatable bonds is 4. The summed E-state index contributed by atoms with van der Waals surface area (Å²) in [6, 6.07) is 12.8. The maximum Gasteiger partial charge on any atom is 0.339 e. The molecule has 21 heavy (non-hydrogen) atoms. The maximum atomic E-state index is 11.2. The van der Waals surface area contributed by atoms with E-state index in [1.165, 1.54) is 18.4 Å². The number of thiophene rings is 1. The van der Waals surface area contributed by atoms with Crippen LogP contribution in [-0.4, -0.2) is 18.2 Å². The van der Waals surface area contributed by atoms with Gasteiger partial charge < -0.3 is 14.6 Å². The summed E-state index contributed by atoms with van der Waals surface area (Å²) in [4.78, 5) is 11.2. The molecule has 0 aliphatic rings. The van der Waals surface area contributed by atoms with Gasteiger partial charge in [0.15, 0.2) is 0 Å². The molecule has 0 amide bonds. The van der Waals surface area contributed by atoms with Gasteiger partial charge in [0.05, 0.1) is 7.11 Å². The highest BCUT2D eigenvalue weighted by Gasteiger charge is 2.16. The number of para-hydroxylation sites is 1. The number of hydrogen-bond acceptors (Lipinski definition) is 4. The predicted molar refractivity (Wildman–Crippen MR) is 81.9 cm³/mol. The molecule has 1 aromatic heterocycles. The Hall–Kier alpha value is -2.53. The van der Waals surface area contributed by atoms with E-state index in [-0.39, 0.29) is 5.56 Å². The summed E-state index contributed by atoms with van der Waals surface area (Å²) in [5.74, 6) is 0.744. The van der Waals surface area contributed by atoms with Crippen molar-refractivity contribution >= 4 is 27.4 Å². The molecular weight excluding hydrogens is 288 g/mol. The topological polar surface area (TPSA) is 55.8 Å². The van der Waals surface area contributed by atoms with Crippen molar-refractivity contribution < 1.29 is 19.4 Å². The first-order chi connectivity index (χ1) is 10.2. The SMILES string of the molecule is COc1cc2c(Oc3ccccc3)csc2cc1C(=O)O. The van der Waals surface area contributed by atoms with Crippen molar-refractivity contribution in [3.05, 3.63) is 53.4 Å². The zero-order chi connectivity index (χ0) is 14.8.